The lowest BCUT2D eigenvalue weighted by atomic mass is 10.2. The van der Waals surface area contributed by atoms with E-state index < -0.39 is 0 Å². The molecule has 0 aliphatic carbocycles. The lowest BCUT2D eigenvalue weighted by molar-refractivity contribution is -0.118. The van der Waals surface area contributed by atoms with Crippen LogP contribution < -0.4 is 20.1 Å². The molecule has 0 saturated carbocycles. The summed E-state index contributed by atoms with van der Waals surface area (Å²) in [5.41, 5.74) is 4.93. The number of aromatic amines is 1. The minimum absolute atomic E-state index is 0.127. The maximum absolute atomic E-state index is 12.3. The van der Waals surface area contributed by atoms with Crippen LogP contribution in [-0.2, 0) is 17.8 Å². The summed E-state index contributed by atoms with van der Waals surface area (Å²) in [6, 6.07) is 19.5. The van der Waals surface area contributed by atoms with Crippen molar-refractivity contribution in [2.45, 2.75) is 19.9 Å². The van der Waals surface area contributed by atoms with E-state index in [0.717, 1.165) is 51.1 Å². The molecule has 3 aromatic carbocycles. The zero-order valence-corrected chi connectivity index (χ0v) is 20.7. The molecule has 34 heavy (non-hydrogen) atoms. The van der Waals surface area contributed by atoms with Crippen LogP contribution in [0.25, 0.3) is 11.0 Å². The predicted octanol–water partition coefficient (Wildman–Crippen LogP) is 4.99. The second-order valence-electron chi connectivity index (χ2n) is 7.94. The fraction of sp³-hybridized carbons (Fsp3) is 0.231. The number of carbonyl (C=O) groups is 1. The van der Waals surface area contributed by atoms with E-state index in [9.17, 15) is 4.79 Å². The fourth-order valence-electron chi connectivity index (χ4n) is 3.55. The summed E-state index contributed by atoms with van der Waals surface area (Å²) in [5, 5.41) is 6.26. The smallest absolute Gasteiger partial charge is 0.262 e. The first kappa shape index (κ1) is 23.8. The Morgan fingerprint density at radius 2 is 1.91 bits per heavy atom. The van der Waals surface area contributed by atoms with Crippen LogP contribution in [-0.4, -0.2) is 36.1 Å². The third kappa shape index (κ3) is 6.15. The number of amides is 1. The van der Waals surface area contributed by atoms with Gasteiger partial charge in [-0.15, -0.1) is 0 Å². The summed E-state index contributed by atoms with van der Waals surface area (Å²) in [7, 11) is 1.58. The molecule has 3 N–H and O–H groups in total. The van der Waals surface area contributed by atoms with Gasteiger partial charge in [-0.05, 0) is 64.8 Å². The van der Waals surface area contributed by atoms with Gasteiger partial charge in [0.05, 0.1) is 22.6 Å². The number of aromatic nitrogens is 2. The molecule has 0 saturated heterocycles. The third-order valence-corrected chi connectivity index (χ3v) is 5.87. The number of ether oxygens (including phenoxy) is 2. The Morgan fingerprint density at radius 3 is 2.68 bits per heavy atom. The Kier molecular flexibility index (Phi) is 7.82. The van der Waals surface area contributed by atoms with Crippen LogP contribution in [0.15, 0.2) is 65.1 Å². The zero-order chi connectivity index (χ0) is 23.9. The van der Waals surface area contributed by atoms with E-state index in [0.29, 0.717) is 18.0 Å². The Balaban J connectivity index is 1.29. The molecule has 1 heterocycles. The molecule has 4 aromatic rings. The molecular weight excluding hydrogens is 496 g/mol. The van der Waals surface area contributed by atoms with Crippen LogP contribution in [0.3, 0.4) is 0 Å². The number of benzene rings is 3. The van der Waals surface area contributed by atoms with Crippen molar-refractivity contribution >= 4 is 38.6 Å². The van der Waals surface area contributed by atoms with Gasteiger partial charge in [0, 0.05) is 25.2 Å². The number of aryl methyl sites for hydroxylation is 1. The number of nitrogens with zero attached hydrogens (tertiary/aromatic N) is 1. The van der Waals surface area contributed by atoms with Crippen molar-refractivity contribution in [3.63, 3.8) is 0 Å². The maximum atomic E-state index is 12.3. The van der Waals surface area contributed by atoms with E-state index in [1.165, 1.54) is 0 Å². The molecule has 7 nitrogen and oxygen atoms in total. The SMILES string of the molecule is COc1cc(CNCCc2nc3ccccc3[nH]2)cc(Br)c1OCC(=O)Nc1ccc(C)cc1. The van der Waals surface area contributed by atoms with E-state index in [-0.39, 0.29) is 12.5 Å². The highest BCUT2D eigenvalue weighted by Gasteiger charge is 2.14. The quantitative estimate of drug-likeness (QED) is 0.255. The lowest BCUT2D eigenvalue weighted by Crippen LogP contribution is -2.20. The number of nitrogens with one attached hydrogen (secondary N) is 3. The van der Waals surface area contributed by atoms with Gasteiger partial charge in [0.1, 0.15) is 5.82 Å². The molecule has 0 unspecified atom stereocenters. The Bertz CT molecular complexity index is 1240. The normalized spacial score (nSPS) is 10.9. The van der Waals surface area contributed by atoms with E-state index >= 15 is 0 Å². The Hall–Kier alpha value is -3.36. The number of rotatable bonds is 10. The molecule has 176 valence electrons. The lowest BCUT2D eigenvalue weighted by Gasteiger charge is -2.15. The number of para-hydroxylation sites is 2. The van der Waals surface area contributed by atoms with E-state index in [2.05, 4.69) is 36.5 Å². The summed E-state index contributed by atoms with van der Waals surface area (Å²) in [6.07, 6.45) is 0.796. The Morgan fingerprint density at radius 1 is 1.12 bits per heavy atom. The first-order valence-electron chi connectivity index (χ1n) is 11.0. The number of methoxy groups -OCH3 is 1. The highest BCUT2D eigenvalue weighted by atomic mass is 79.9. The maximum Gasteiger partial charge on any atom is 0.262 e. The molecule has 1 amide bonds. The number of fused-ring (bicyclic) bond motifs is 1. The first-order chi connectivity index (χ1) is 16.5. The van der Waals surface area contributed by atoms with Gasteiger partial charge < -0.3 is 25.1 Å². The average Bonchev–Trinajstić information content (AvgIpc) is 3.25. The van der Waals surface area contributed by atoms with E-state index in [1.54, 1.807) is 7.11 Å². The van der Waals surface area contributed by atoms with Crippen LogP contribution in [0.4, 0.5) is 5.69 Å². The molecule has 0 bridgehead atoms. The molecule has 0 atom stereocenters. The average molecular weight is 523 g/mol. The number of halogens is 1. The van der Waals surface area contributed by atoms with Crippen LogP contribution in [0.1, 0.15) is 17.0 Å². The number of hydrogen-bond donors (Lipinski definition) is 3. The van der Waals surface area contributed by atoms with Crippen LogP contribution >= 0.6 is 15.9 Å². The molecule has 8 heteroatoms. The van der Waals surface area contributed by atoms with Crippen molar-refractivity contribution in [1.29, 1.82) is 0 Å². The Labute approximate surface area is 207 Å². The van der Waals surface area contributed by atoms with E-state index in [4.69, 9.17) is 9.47 Å². The first-order valence-corrected chi connectivity index (χ1v) is 11.8. The van der Waals surface area contributed by atoms with Crippen molar-refractivity contribution in [2.75, 3.05) is 25.6 Å². The van der Waals surface area contributed by atoms with Gasteiger partial charge in [-0.1, -0.05) is 29.8 Å². The van der Waals surface area contributed by atoms with Gasteiger partial charge in [-0.3, -0.25) is 4.79 Å². The molecule has 0 aliphatic heterocycles. The van der Waals surface area contributed by atoms with Crippen molar-refractivity contribution in [3.05, 3.63) is 82.1 Å². The molecular formula is C26H27BrN4O3. The zero-order valence-electron chi connectivity index (χ0n) is 19.2. The molecule has 0 aliphatic rings. The highest BCUT2D eigenvalue weighted by molar-refractivity contribution is 9.10. The number of anilines is 1. The summed E-state index contributed by atoms with van der Waals surface area (Å²) in [6.45, 7) is 3.30. The monoisotopic (exact) mass is 522 g/mol. The number of imidazole rings is 1. The van der Waals surface area contributed by atoms with Crippen molar-refractivity contribution in [1.82, 2.24) is 15.3 Å². The number of hydrogen-bond acceptors (Lipinski definition) is 5. The van der Waals surface area contributed by atoms with Crippen LogP contribution in [0.5, 0.6) is 11.5 Å². The third-order valence-electron chi connectivity index (χ3n) is 5.28. The summed E-state index contributed by atoms with van der Waals surface area (Å²) < 4.78 is 12.0. The van der Waals surface area contributed by atoms with E-state index in [1.807, 2.05) is 67.6 Å². The predicted molar refractivity (Wildman–Crippen MR) is 138 cm³/mol. The van der Waals surface area contributed by atoms with Crippen molar-refractivity contribution in [3.8, 4) is 11.5 Å². The van der Waals surface area contributed by atoms with Gasteiger partial charge in [0.2, 0.25) is 0 Å². The standard InChI is InChI=1S/C26H27BrN4O3/c1-17-7-9-19(10-8-17)29-25(32)16-34-26-20(27)13-18(14-23(26)33-2)15-28-12-11-24-30-21-5-3-4-6-22(21)31-24/h3-10,13-14,28H,11-12,15-16H2,1-2H3,(H,29,32)(H,30,31). The second kappa shape index (κ2) is 11.2. The number of H-pyrrole nitrogens is 1. The van der Waals surface area contributed by atoms with Gasteiger partial charge in [-0.25, -0.2) is 4.98 Å². The minimum atomic E-state index is -0.242. The topological polar surface area (TPSA) is 88.3 Å². The van der Waals surface area contributed by atoms with Gasteiger partial charge in [0.25, 0.3) is 5.91 Å². The molecule has 0 radical (unpaired) electrons. The molecule has 1 aromatic heterocycles. The van der Waals surface area contributed by atoms with Gasteiger partial charge in [-0.2, -0.15) is 0 Å². The van der Waals surface area contributed by atoms with Crippen molar-refractivity contribution < 1.29 is 14.3 Å². The van der Waals surface area contributed by atoms with Crippen molar-refractivity contribution in [2.24, 2.45) is 0 Å². The second-order valence-corrected chi connectivity index (χ2v) is 8.79. The van der Waals surface area contributed by atoms with Gasteiger partial charge in [0.15, 0.2) is 18.1 Å². The van der Waals surface area contributed by atoms with Gasteiger partial charge >= 0.3 is 0 Å². The molecule has 0 fully saturated rings. The highest BCUT2D eigenvalue weighted by Crippen LogP contribution is 2.36. The summed E-state index contributed by atoms with van der Waals surface area (Å²) >= 11 is 3.55. The fourth-order valence-corrected chi connectivity index (χ4v) is 4.15. The van der Waals surface area contributed by atoms with Crippen LogP contribution in [0, 0.1) is 6.92 Å². The molecule has 0 spiro atoms. The largest absolute Gasteiger partial charge is 0.493 e. The number of carbonyl (C=O) groups excluding carboxylic acids is 1. The summed E-state index contributed by atoms with van der Waals surface area (Å²) in [4.78, 5) is 20.2. The van der Waals surface area contributed by atoms with Crippen LogP contribution in [0.2, 0.25) is 0 Å². The summed E-state index contributed by atoms with van der Waals surface area (Å²) in [5.74, 6) is 1.77. The molecule has 4 rings (SSSR count). The minimum Gasteiger partial charge on any atom is -0.493 e.